The van der Waals surface area contributed by atoms with Gasteiger partial charge in [-0.15, -0.1) is 0 Å². The third-order valence-corrected chi connectivity index (χ3v) is 5.75. The summed E-state index contributed by atoms with van der Waals surface area (Å²) in [5.41, 5.74) is 1.12. The Bertz CT molecular complexity index is 655. The van der Waals surface area contributed by atoms with E-state index in [0.29, 0.717) is 17.5 Å². The Hall–Kier alpha value is -1.99. The van der Waals surface area contributed by atoms with Gasteiger partial charge < -0.3 is 29.3 Å². The first-order chi connectivity index (χ1) is 13.1. The van der Waals surface area contributed by atoms with Crippen LogP contribution >= 0.6 is 0 Å². The van der Waals surface area contributed by atoms with Crippen molar-refractivity contribution < 1.29 is 28.8 Å². The molecule has 0 spiro atoms. The monoisotopic (exact) mass is 379 g/mol. The maximum atomic E-state index is 12.3. The van der Waals surface area contributed by atoms with Crippen LogP contribution in [0.5, 0.6) is 17.2 Å². The zero-order chi connectivity index (χ0) is 19.4. The Labute approximate surface area is 161 Å². The smallest absolute Gasteiger partial charge is 0.278 e. The number of rotatable bonds is 8. The highest BCUT2D eigenvalue weighted by molar-refractivity contribution is 5.80. The van der Waals surface area contributed by atoms with Crippen molar-refractivity contribution in [2.45, 2.75) is 38.4 Å². The van der Waals surface area contributed by atoms with Gasteiger partial charge in [-0.05, 0) is 31.9 Å². The highest BCUT2D eigenvalue weighted by Crippen LogP contribution is 2.39. The molecule has 1 heterocycles. The van der Waals surface area contributed by atoms with E-state index in [-0.39, 0.29) is 11.9 Å². The molecular formula is C20H33N3O4+2. The average Bonchev–Trinajstić information content (AvgIpc) is 3.51. The number of piperazine rings is 1. The Morgan fingerprint density at radius 2 is 1.74 bits per heavy atom. The topological polar surface area (TPSA) is 65.7 Å². The van der Waals surface area contributed by atoms with Crippen molar-refractivity contribution in [2.24, 2.45) is 0 Å². The molecule has 1 amide bonds. The SMILES string of the molecule is COc1ccc(C[NH+]2CC[NH+]([C@H](C)C(=O)NC3CC3)CC2)c(OC)c1OC. The van der Waals surface area contributed by atoms with Crippen molar-refractivity contribution in [3.63, 3.8) is 0 Å². The summed E-state index contributed by atoms with van der Waals surface area (Å²) in [5, 5.41) is 3.13. The molecule has 7 heteroatoms. The number of quaternary nitrogens is 2. The van der Waals surface area contributed by atoms with Crippen molar-refractivity contribution in [2.75, 3.05) is 47.5 Å². The zero-order valence-electron chi connectivity index (χ0n) is 16.9. The molecule has 0 unspecified atom stereocenters. The lowest BCUT2D eigenvalue weighted by molar-refractivity contribution is -1.02. The molecule has 1 aromatic carbocycles. The predicted octanol–water partition coefficient (Wildman–Crippen LogP) is -1.34. The normalized spacial score (nSPS) is 23.4. The summed E-state index contributed by atoms with van der Waals surface area (Å²) in [7, 11) is 4.93. The van der Waals surface area contributed by atoms with Gasteiger partial charge >= 0.3 is 0 Å². The van der Waals surface area contributed by atoms with E-state index in [0.717, 1.165) is 56.9 Å². The van der Waals surface area contributed by atoms with Gasteiger partial charge in [-0.1, -0.05) is 0 Å². The molecule has 0 aromatic heterocycles. The number of benzene rings is 1. The highest BCUT2D eigenvalue weighted by atomic mass is 16.5. The van der Waals surface area contributed by atoms with Crippen LogP contribution in [0.1, 0.15) is 25.3 Å². The molecule has 0 bridgehead atoms. The molecule has 1 saturated heterocycles. The molecule has 2 aliphatic rings. The van der Waals surface area contributed by atoms with Crippen LogP contribution in [0.15, 0.2) is 12.1 Å². The molecule has 3 rings (SSSR count). The van der Waals surface area contributed by atoms with Crippen molar-refractivity contribution in [1.29, 1.82) is 0 Å². The third-order valence-electron chi connectivity index (χ3n) is 5.75. The van der Waals surface area contributed by atoms with Crippen LogP contribution in [0, 0.1) is 0 Å². The Balaban J connectivity index is 1.58. The van der Waals surface area contributed by atoms with Crippen LogP contribution in [0.4, 0.5) is 0 Å². The molecule has 2 fully saturated rings. The van der Waals surface area contributed by atoms with Gasteiger partial charge in [0.25, 0.3) is 5.91 Å². The Morgan fingerprint density at radius 1 is 1.07 bits per heavy atom. The van der Waals surface area contributed by atoms with Crippen LogP contribution in [0.3, 0.4) is 0 Å². The van der Waals surface area contributed by atoms with Crippen LogP contribution in [-0.4, -0.2) is 65.5 Å². The van der Waals surface area contributed by atoms with Gasteiger partial charge in [-0.2, -0.15) is 0 Å². The molecule has 0 radical (unpaired) electrons. The lowest BCUT2D eigenvalue weighted by atomic mass is 10.1. The number of hydrogen-bond acceptors (Lipinski definition) is 4. The number of amides is 1. The Morgan fingerprint density at radius 3 is 2.30 bits per heavy atom. The molecule has 3 N–H and O–H groups in total. The molecule has 1 saturated carbocycles. The van der Waals surface area contributed by atoms with Crippen molar-refractivity contribution in [3.05, 3.63) is 17.7 Å². The zero-order valence-corrected chi connectivity index (χ0v) is 16.9. The number of carbonyl (C=O) groups excluding carboxylic acids is 1. The maximum Gasteiger partial charge on any atom is 0.278 e. The van der Waals surface area contributed by atoms with Crippen LogP contribution in [-0.2, 0) is 11.3 Å². The van der Waals surface area contributed by atoms with Gasteiger partial charge in [0.05, 0.1) is 26.9 Å². The minimum atomic E-state index is 0.0303. The Kier molecular flexibility index (Phi) is 6.44. The largest absolute Gasteiger partial charge is 0.493 e. The number of ether oxygens (including phenoxy) is 3. The summed E-state index contributed by atoms with van der Waals surface area (Å²) in [6.07, 6.45) is 2.28. The fourth-order valence-corrected chi connectivity index (χ4v) is 3.85. The lowest BCUT2D eigenvalue weighted by Crippen LogP contribution is -3.29. The molecule has 1 aliphatic heterocycles. The standard InChI is InChI=1S/C20H31N3O4/c1-14(20(24)21-16-6-7-16)23-11-9-22(10-12-23)13-15-5-8-17(25-2)19(27-4)18(15)26-3/h5,8,14,16H,6-7,9-13H2,1-4H3,(H,21,24)/p+2/t14-/m1/s1. The summed E-state index contributed by atoms with van der Waals surface area (Å²) in [6, 6.07) is 4.45. The van der Waals surface area contributed by atoms with Gasteiger partial charge in [0.15, 0.2) is 17.5 Å². The number of carbonyl (C=O) groups is 1. The number of hydrogen-bond donors (Lipinski definition) is 3. The van der Waals surface area contributed by atoms with Gasteiger partial charge in [-0.25, -0.2) is 0 Å². The van der Waals surface area contributed by atoms with Gasteiger partial charge in [-0.3, -0.25) is 4.79 Å². The van der Waals surface area contributed by atoms with E-state index in [1.807, 2.05) is 6.07 Å². The summed E-state index contributed by atoms with van der Waals surface area (Å²) >= 11 is 0. The van der Waals surface area contributed by atoms with Gasteiger partial charge in [0.1, 0.15) is 32.7 Å². The highest BCUT2D eigenvalue weighted by Gasteiger charge is 2.34. The van der Waals surface area contributed by atoms with Crippen LogP contribution in [0.2, 0.25) is 0 Å². The molecule has 1 aromatic rings. The number of methoxy groups -OCH3 is 3. The summed E-state index contributed by atoms with van der Waals surface area (Å²) < 4.78 is 16.5. The van der Waals surface area contributed by atoms with E-state index in [4.69, 9.17) is 14.2 Å². The average molecular weight is 380 g/mol. The molecule has 1 aliphatic carbocycles. The minimum absolute atomic E-state index is 0.0303. The van der Waals surface area contributed by atoms with E-state index in [9.17, 15) is 4.79 Å². The predicted molar refractivity (Wildman–Crippen MR) is 102 cm³/mol. The van der Waals surface area contributed by atoms with E-state index in [2.05, 4.69) is 18.3 Å². The van der Waals surface area contributed by atoms with E-state index < -0.39 is 0 Å². The molecule has 27 heavy (non-hydrogen) atoms. The second-order valence-electron chi connectivity index (χ2n) is 7.58. The van der Waals surface area contributed by atoms with Crippen molar-refractivity contribution in [3.8, 4) is 17.2 Å². The van der Waals surface area contributed by atoms with E-state index >= 15 is 0 Å². The van der Waals surface area contributed by atoms with E-state index in [1.165, 1.54) is 9.80 Å². The quantitative estimate of drug-likeness (QED) is 0.523. The molecule has 7 nitrogen and oxygen atoms in total. The summed E-state index contributed by atoms with van der Waals surface area (Å²) in [5.74, 6) is 2.28. The summed E-state index contributed by atoms with van der Waals surface area (Å²) in [6.45, 7) is 7.00. The van der Waals surface area contributed by atoms with Gasteiger partial charge in [0.2, 0.25) is 5.75 Å². The molecule has 150 valence electrons. The first kappa shape index (κ1) is 19.8. The second kappa shape index (κ2) is 8.80. The van der Waals surface area contributed by atoms with Gasteiger partial charge in [0, 0.05) is 6.04 Å². The summed E-state index contributed by atoms with van der Waals surface area (Å²) in [4.78, 5) is 15.2. The maximum absolute atomic E-state index is 12.3. The second-order valence-corrected chi connectivity index (χ2v) is 7.58. The fraction of sp³-hybridized carbons (Fsp3) is 0.650. The minimum Gasteiger partial charge on any atom is -0.493 e. The number of nitrogens with one attached hydrogen (secondary N) is 3. The molecule has 1 atom stereocenters. The van der Waals surface area contributed by atoms with Crippen molar-refractivity contribution in [1.82, 2.24) is 5.32 Å². The van der Waals surface area contributed by atoms with E-state index in [1.54, 1.807) is 21.3 Å². The molecular weight excluding hydrogens is 346 g/mol. The fourth-order valence-electron chi connectivity index (χ4n) is 3.85. The first-order valence-electron chi connectivity index (χ1n) is 9.83. The first-order valence-corrected chi connectivity index (χ1v) is 9.83. The van der Waals surface area contributed by atoms with Crippen molar-refractivity contribution >= 4 is 5.91 Å². The third kappa shape index (κ3) is 4.65. The van der Waals surface area contributed by atoms with Crippen LogP contribution < -0.4 is 29.3 Å². The van der Waals surface area contributed by atoms with Crippen LogP contribution in [0.25, 0.3) is 0 Å². The lowest BCUT2D eigenvalue weighted by Gasteiger charge is -2.33.